The maximum atomic E-state index is 6.15. The number of nitrogens with zero attached hydrogens (tertiary/aromatic N) is 5. The molecule has 0 aliphatic heterocycles. The van der Waals surface area contributed by atoms with Crippen LogP contribution in [0.1, 0.15) is 5.01 Å². The zero-order chi connectivity index (χ0) is 23.1. The van der Waals surface area contributed by atoms with E-state index in [4.69, 9.17) is 18.6 Å². The van der Waals surface area contributed by atoms with Gasteiger partial charge in [-0.05, 0) is 17.4 Å². The van der Waals surface area contributed by atoms with Crippen LogP contribution in [0.4, 0.5) is 0 Å². The van der Waals surface area contributed by atoms with Crippen LogP contribution in [0.5, 0.6) is 16.7 Å². The van der Waals surface area contributed by atoms with E-state index in [0.717, 1.165) is 21.0 Å². The summed E-state index contributed by atoms with van der Waals surface area (Å²) in [6.45, 7) is 0.271. The third-order valence-corrected chi connectivity index (χ3v) is 6.97. The van der Waals surface area contributed by atoms with Gasteiger partial charge in [0.1, 0.15) is 34.4 Å². The molecule has 9 nitrogen and oxygen atoms in total. The first-order chi connectivity index (χ1) is 16.7. The van der Waals surface area contributed by atoms with Crippen molar-refractivity contribution >= 4 is 38.6 Å². The number of hydrogen-bond acceptors (Lipinski definition) is 10. The molecule has 0 aliphatic rings. The Morgan fingerprint density at radius 2 is 1.88 bits per heavy atom. The summed E-state index contributed by atoms with van der Waals surface area (Å²) >= 11 is 2.85. The molecule has 6 aromatic rings. The van der Waals surface area contributed by atoms with Crippen molar-refractivity contribution in [3.05, 3.63) is 59.7 Å². The molecule has 0 unspecified atom stereocenters. The molecule has 0 radical (unpaired) electrons. The molecule has 4 heterocycles. The highest BCUT2D eigenvalue weighted by molar-refractivity contribution is 7.18. The summed E-state index contributed by atoms with van der Waals surface area (Å²) in [6.07, 6.45) is 1.72. The Labute approximate surface area is 201 Å². The molecule has 0 spiro atoms. The highest BCUT2D eigenvalue weighted by atomic mass is 32.1. The first-order valence-corrected chi connectivity index (χ1v) is 11.9. The van der Waals surface area contributed by atoms with Crippen molar-refractivity contribution in [3.63, 3.8) is 0 Å². The van der Waals surface area contributed by atoms with Gasteiger partial charge in [-0.2, -0.15) is 4.52 Å². The fraction of sp³-hybridized carbons (Fsp3) is 0.130. The monoisotopic (exact) mass is 491 g/mol. The molecule has 0 atom stereocenters. The van der Waals surface area contributed by atoms with E-state index in [2.05, 4.69) is 20.3 Å². The average molecular weight is 492 g/mol. The topological polar surface area (TPSA) is 96.8 Å². The summed E-state index contributed by atoms with van der Waals surface area (Å²) in [4.78, 5) is 5.12. The van der Waals surface area contributed by atoms with Crippen LogP contribution in [-0.2, 0) is 6.61 Å². The summed E-state index contributed by atoms with van der Waals surface area (Å²) in [6, 6.07) is 15.5. The maximum Gasteiger partial charge on any atom is 0.294 e. The number of furan rings is 1. The van der Waals surface area contributed by atoms with Gasteiger partial charge >= 0.3 is 0 Å². The van der Waals surface area contributed by atoms with E-state index in [-0.39, 0.29) is 6.61 Å². The molecule has 2 aromatic carbocycles. The van der Waals surface area contributed by atoms with Gasteiger partial charge in [0, 0.05) is 17.7 Å². The fourth-order valence-electron chi connectivity index (χ4n) is 3.52. The SMILES string of the molecule is COc1cc(OCc2nnc(-c3ccccc3)s2)c2cc(-c3cnc4sc(OC)nn34)oc2c1. The van der Waals surface area contributed by atoms with Crippen molar-refractivity contribution < 1.29 is 18.6 Å². The van der Waals surface area contributed by atoms with Crippen LogP contribution in [0.15, 0.2) is 59.1 Å². The normalized spacial score (nSPS) is 11.4. The van der Waals surface area contributed by atoms with Crippen molar-refractivity contribution in [3.8, 4) is 38.7 Å². The molecule has 0 saturated carbocycles. The second-order valence-electron chi connectivity index (χ2n) is 7.21. The van der Waals surface area contributed by atoms with Gasteiger partial charge in [0.05, 0.1) is 25.8 Å². The largest absolute Gasteiger partial charge is 0.496 e. The minimum atomic E-state index is 0.271. The van der Waals surface area contributed by atoms with E-state index in [1.165, 1.54) is 22.7 Å². The molecule has 170 valence electrons. The van der Waals surface area contributed by atoms with Gasteiger partial charge in [-0.3, -0.25) is 0 Å². The molecular formula is C23H17N5O4S2. The number of methoxy groups -OCH3 is 2. The van der Waals surface area contributed by atoms with Crippen LogP contribution < -0.4 is 14.2 Å². The number of imidazole rings is 1. The van der Waals surface area contributed by atoms with E-state index >= 15 is 0 Å². The second-order valence-corrected chi connectivity index (χ2v) is 9.19. The lowest BCUT2D eigenvalue weighted by Gasteiger charge is -2.07. The molecule has 6 rings (SSSR count). The third-order valence-electron chi connectivity index (χ3n) is 5.14. The van der Waals surface area contributed by atoms with E-state index < -0.39 is 0 Å². The third kappa shape index (κ3) is 3.64. The van der Waals surface area contributed by atoms with E-state index in [1.807, 2.05) is 48.5 Å². The van der Waals surface area contributed by atoms with Gasteiger partial charge < -0.3 is 18.6 Å². The minimum Gasteiger partial charge on any atom is -0.496 e. The second kappa shape index (κ2) is 8.43. The van der Waals surface area contributed by atoms with Gasteiger partial charge in [-0.15, -0.1) is 15.3 Å². The quantitative estimate of drug-likeness (QED) is 0.296. The van der Waals surface area contributed by atoms with Gasteiger partial charge in [0.25, 0.3) is 5.19 Å². The summed E-state index contributed by atoms with van der Waals surface area (Å²) in [5.74, 6) is 1.85. The molecule has 0 bridgehead atoms. The highest BCUT2D eigenvalue weighted by Gasteiger charge is 2.19. The maximum absolute atomic E-state index is 6.15. The zero-order valence-corrected chi connectivity index (χ0v) is 19.7. The van der Waals surface area contributed by atoms with Crippen molar-refractivity contribution in [2.24, 2.45) is 0 Å². The molecule has 11 heteroatoms. The lowest BCUT2D eigenvalue weighted by Crippen LogP contribution is -1.96. The minimum absolute atomic E-state index is 0.271. The van der Waals surface area contributed by atoms with Gasteiger partial charge in [-0.1, -0.05) is 41.7 Å². The van der Waals surface area contributed by atoms with Crippen LogP contribution in [0.3, 0.4) is 0 Å². The van der Waals surface area contributed by atoms with Crippen molar-refractivity contribution in [1.29, 1.82) is 0 Å². The Morgan fingerprint density at radius 3 is 2.71 bits per heavy atom. The van der Waals surface area contributed by atoms with Crippen molar-refractivity contribution in [2.75, 3.05) is 14.2 Å². The summed E-state index contributed by atoms with van der Waals surface area (Å²) < 4.78 is 24.7. The molecule has 34 heavy (non-hydrogen) atoms. The zero-order valence-electron chi connectivity index (χ0n) is 18.1. The lowest BCUT2D eigenvalue weighted by atomic mass is 10.2. The van der Waals surface area contributed by atoms with E-state index in [1.54, 1.807) is 24.9 Å². The highest BCUT2D eigenvalue weighted by Crippen LogP contribution is 2.38. The summed E-state index contributed by atoms with van der Waals surface area (Å²) in [7, 11) is 3.18. The Hall–Kier alpha value is -3.96. The Morgan fingerprint density at radius 1 is 1.00 bits per heavy atom. The number of ether oxygens (including phenoxy) is 3. The van der Waals surface area contributed by atoms with Crippen LogP contribution in [0.2, 0.25) is 0 Å². The van der Waals surface area contributed by atoms with E-state index in [9.17, 15) is 0 Å². The van der Waals surface area contributed by atoms with E-state index in [0.29, 0.717) is 38.7 Å². The predicted octanol–water partition coefficient (Wildman–Crippen LogP) is 5.32. The molecule has 0 saturated heterocycles. The number of rotatable bonds is 7. The van der Waals surface area contributed by atoms with Gasteiger partial charge in [0.2, 0.25) is 4.96 Å². The standard InChI is InChI=1S/C23H17N5O4S2/c1-29-14-8-17(31-12-20-25-26-21(33-20)13-6-4-3-5-7-13)15-10-19(32-18(15)9-14)16-11-24-22-28(16)27-23(30-2)34-22/h3-11H,12H2,1-2H3. The Bertz CT molecular complexity index is 1600. The smallest absolute Gasteiger partial charge is 0.294 e. The van der Waals surface area contributed by atoms with Gasteiger partial charge in [0.15, 0.2) is 10.8 Å². The van der Waals surface area contributed by atoms with Crippen molar-refractivity contribution in [2.45, 2.75) is 6.61 Å². The predicted molar refractivity (Wildman–Crippen MR) is 129 cm³/mol. The average Bonchev–Trinajstić information content (AvgIpc) is 3.65. The number of aromatic nitrogens is 5. The summed E-state index contributed by atoms with van der Waals surface area (Å²) in [5, 5.41) is 15.9. The molecule has 0 N–H and O–H groups in total. The molecule has 0 fully saturated rings. The number of hydrogen-bond donors (Lipinski definition) is 0. The first-order valence-electron chi connectivity index (χ1n) is 10.2. The summed E-state index contributed by atoms with van der Waals surface area (Å²) in [5.41, 5.74) is 2.37. The number of benzene rings is 2. The Kier molecular flexibility index (Phi) is 5.12. The fourth-order valence-corrected chi connectivity index (χ4v) is 4.97. The van der Waals surface area contributed by atoms with Crippen molar-refractivity contribution in [1.82, 2.24) is 24.8 Å². The lowest BCUT2D eigenvalue weighted by molar-refractivity contribution is 0.306. The van der Waals surface area contributed by atoms with Crippen LogP contribution in [0.25, 0.3) is 38.0 Å². The molecular weight excluding hydrogens is 474 g/mol. The number of fused-ring (bicyclic) bond motifs is 2. The van der Waals surface area contributed by atoms with Crippen LogP contribution in [-0.4, -0.2) is 39.0 Å². The molecule has 0 aliphatic carbocycles. The Balaban J connectivity index is 1.33. The van der Waals surface area contributed by atoms with Gasteiger partial charge in [-0.25, -0.2) is 4.98 Å². The molecule has 0 amide bonds. The van der Waals surface area contributed by atoms with Crippen LogP contribution in [0, 0.1) is 0 Å². The van der Waals surface area contributed by atoms with Crippen LogP contribution >= 0.6 is 22.7 Å². The molecule has 4 aromatic heterocycles. The first kappa shape index (κ1) is 20.6.